The van der Waals surface area contributed by atoms with Gasteiger partial charge in [0.2, 0.25) is 0 Å². The van der Waals surface area contributed by atoms with Gasteiger partial charge >= 0.3 is 0 Å². The third-order valence-electron chi connectivity index (χ3n) is 4.99. The van der Waals surface area contributed by atoms with Crippen LogP contribution in [0.1, 0.15) is 40.9 Å². The number of aromatic nitrogens is 4. The Labute approximate surface area is 150 Å². The van der Waals surface area contributed by atoms with Gasteiger partial charge < -0.3 is 9.88 Å². The first-order chi connectivity index (χ1) is 12.5. The number of para-hydroxylation sites is 1. The number of carbonyl (C=O) groups excluding carboxylic acids is 1. The third-order valence-corrected chi connectivity index (χ3v) is 4.99. The van der Waals surface area contributed by atoms with Crippen LogP contribution in [-0.2, 0) is 19.4 Å². The zero-order valence-corrected chi connectivity index (χ0v) is 14.9. The number of hydrogen-bond acceptors (Lipinski definition) is 4. The maximum absolute atomic E-state index is 12.9. The number of benzene rings is 1. The Kier molecular flexibility index (Phi) is 4.06. The van der Waals surface area contributed by atoms with Crippen LogP contribution in [-0.4, -0.2) is 38.0 Å². The van der Waals surface area contributed by atoms with Crippen LogP contribution in [0.4, 0.5) is 0 Å². The number of nitrogens with one attached hydrogen (secondary N) is 2. The van der Waals surface area contributed by atoms with Crippen molar-refractivity contribution in [3.63, 3.8) is 0 Å². The van der Waals surface area contributed by atoms with Crippen LogP contribution in [0.15, 0.2) is 29.1 Å². The third kappa shape index (κ3) is 2.89. The van der Waals surface area contributed by atoms with Crippen LogP contribution >= 0.6 is 0 Å². The van der Waals surface area contributed by atoms with Crippen molar-refractivity contribution in [2.45, 2.75) is 32.7 Å². The zero-order chi connectivity index (χ0) is 18.3. The van der Waals surface area contributed by atoms with Crippen molar-refractivity contribution in [1.29, 1.82) is 0 Å². The molecule has 0 radical (unpaired) electrons. The molecule has 1 amide bonds. The number of hydrogen-bond donors (Lipinski definition) is 2. The molecule has 0 spiro atoms. The number of amides is 1. The molecule has 0 aliphatic heterocycles. The number of aromatic amines is 2. The molecule has 2 aromatic heterocycles. The van der Waals surface area contributed by atoms with Gasteiger partial charge in [-0.05, 0) is 37.3 Å². The predicted molar refractivity (Wildman–Crippen MR) is 97.9 cm³/mol. The van der Waals surface area contributed by atoms with Gasteiger partial charge in [-0.1, -0.05) is 19.1 Å². The lowest BCUT2D eigenvalue weighted by Gasteiger charge is -2.20. The summed E-state index contributed by atoms with van der Waals surface area (Å²) in [5.41, 5.74) is 3.00. The van der Waals surface area contributed by atoms with Gasteiger partial charge in [-0.3, -0.25) is 14.7 Å². The van der Waals surface area contributed by atoms with E-state index in [2.05, 4.69) is 27.1 Å². The SMILES string of the molecule is C[C@@H]1CCc2[nH]nc(C(=O)N(C)Cc3nc4ccccc4c(=O)[nH]3)c2C1. The van der Waals surface area contributed by atoms with E-state index in [4.69, 9.17) is 0 Å². The molecule has 2 N–H and O–H groups in total. The summed E-state index contributed by atoms with van der Waals surface area (Å²) in [7, 11) is 1.70. The molecule has 0 saturated heterocycles. The fourth-order valence-corrected chi connectivity index (χ4v) is 3.53. The molecule has 1 atom stereocenters. The first-order valence-corrected chi connectivity index (χ1v) is 8.82. The van der Waals surface area contributed by atoms with Gasteiger partial charge in [-0.2, -0.15) is 5.10 Å². The minimum absolute atomic E-state index is 0.160. The van der Waals surface area contributed by atoms with Crippen LogP contribution in [0.25, 0.3) is 10.9 Å². The first kappa shape index (κ1) is 16.5. The number of nitrogens with zero attached hydrogens (tertiary/aromatic N) is 3. The first-order valence-electron chi connectivity index (χ1n) is 8.82. The Hall–Kier alpha value is -2.96. The Morgan fingerprint density at radius 1 is 1.35 bits per heavy atom. The molecule has 3 aromatic rings. The van der Waals surface area contributed by atoms with Crippen molar-refractivity contribution in [2.75, 3.05) is 7.05 Å². The number of carbonyl (C=O) groups is 1. The number of rotatable bonds is 3. The van der Waals surface area contributed by atoms with Crippen LogP contribution in [0.3, 0.4) is 0 Å². The molecule has 7 nitrogen and oxygen atoms in total. The Morgan fingerprint density at radius 3 is 3.00 bits per heavy atom. The molecule has 0 unspecified atom stereocenters. The van der Waals surface area contributed by atoms with Gasteiger partial charge in [0, 0.05) is 18.3 Å². The van der Waals surface area contributed by atoms with Crippen LogP contribution < -0.4 is 5.56 Å². The smallest absolute Gasteiger partial charge is 0.274 e. The summed E-state index contributed by atoms with van der Waals surface area (Å²) in [4.78, 5) is 33.8. The molecule has 1 aliphatic rings. The number of aryl methyl sites for hydroxylation is 1. The summed E-state index contributed by atoms with van der Waals surface area (Å²) >= 11 is 0. The second-order valence-corrected chi connectivity index (χ2v) is 7.07. The molecule has 7 heteroatoms. The lowest BCUT2D eigenvalue weighted by atomic mass is 9.87. The van der Waals surface area contributed by atoms with Crippen molar-refractivity contribution in [1.82, 2.24) is 25.1 Å². The quantitative estimate of drug-likeness (QED) is 0.755. The van der Waals surface area contributed by atoms with Gasteiger partial charge in [0.05, 0.1) is 17.4 Å². The molecule has 0 saturated carbocycles. The lowest BCUT2D eigenvalue weighted by molar-refractivity contribution is 0.0774. The van der Waals surface area contributed by atoms with E-state index < -0.39 is 0 Å². The van der Waals surface area contributed by atoms with Gasteiger partial charge in [0.1, 0.15) is 5.82 Å². The maximum atomic E-state index is 12.9. The molecule has 4 rings (SSSR count). The van der Waals surface area contributed by atoms with Crippen molar-refractivity contribution in [2.24, 2.45) is 5.92 Å². The van der Waals surface area contributed by atoms with E-state index in [9.17, 15) is 9.59 Å². The van der Waals surface area contributed by atoms with E-state index in [0.29, 0.717) is 28.3 Å². The van der Waals surface area contributed by atoms with Crippen LogP contribution in [0.2, 0.25) is 0 Å². The minimum atomic E-state index is -0.197. The average Bonchev–Trinajstić information content (AvgIpc) is 3.04. The minimum Gasteiger partial charge on any atom is -0.333 e. The highest BCUT2D eigenvalue weighted by atomic mass is 16.2. The second kappa shape index (κ2) is 6.40. The fourth-order valence-electron chi connectivity index (χ4n) is 3.53. The summed E-state index contributed by atoms with van der Waals surface area (Å²) < 4.78 is 0. The molecule has 0 fully saturated rings. The van der Waals surface area contributed by atoms with E-state index in [1.54, 1.807) is 30.1 Å². The molecular formula is C19H21N5O2. The zero-order valence-electron chi connectivity index (χ0n) is 14.9. The largest absolute Gasteiger partial charge is 0.333 e. The van der Waals surface area contributed by atoms with Crippen molar-refractivity contribution < 1.29 is 4.79 Å². The summed E-state index contributed by atoms with van der Waals surface area (Å²) in [6, 6.07) is 7.17. The molecule has 0 bridgehead atoms. The summed E-state index contributed by atoms with van der Waals surface area (Å²) in [5.74, 6) is 0.852. The molecular weight excluding hydrogens is 330 g/mol. The highest BCUT2D eigenvalue weighted by Gasteiger charge is 2.26. The Morgan fingerprint density at radius 2 is 2.15 bits per heavy atom. The monoisotopic (exact) mass is 351 g/mol. The van der Waals surface area contributed by atoms with E-state index in [1.807, 2.05) is 6.07 Å². The van der Waals surface area contributed by atoms with Crippen LogP contribution in [0, 0.1) is 5.92 Å². The Balaban J connectivity index is 1.59. The van der Waals surface area contributed by atoms with Crippen molar-refractivity contribution >= 4 is 16.8 Å². The van der Waals surface area contributed by atoms with E-state index in [0.717, 1.165) is 30.5 Å². The van der Waals surface area contributed by atoms with Gasteiger partial charge in [-0.25, -0.2) is 4.98 Å². The topological polar surface area (TPSA) is 94.7 Å². The predicted octanol–water partition coefficient (Wildman–Crippen LogP) is 2.04. The van der Waals surface area contributed by atoms with Crippen molar-refractivity contribution in [3.8, 4) is 0 Å². The highest BCUT2D eigenvalue weighted by molar-refractivity contribution is 5.93. The summed E-state index contributed by atoms with van der Waals surface area (Å²) in [6.45, 7) is 2.41. The van der Waals surface area contributed by atoms with E-state index >= 15 is 0 Å². The summed E-state index contributed by atoms with van der Waals surface area (Å²) in [6.07, 6.45) is 2.91. The number of fused-ring (bicyclic) bond motifs is 2. The molecule has 2 heterocycles. The Bertz CT molecular complexity index is 1040. The average molecular weight is 351 g/mol. The second-order valence-electron chi connectivity index (χ2n) is 7.07. The van der Waals surface area contributed by atoms with Crippen molar-refractivity contribution in [3.05, 3.63) is 57.4 Å². The van der Waals surface area contributed by atoms with Crippen LogP contribution in [0.5, 0.6) is 0 Å². The standard InChI is InChI=1S/C19H21N5O2/c1-11-7-8-15-13(9-11)17(23-22-15)19(26)24(2)10-16-20-14-6-4-3-5-12(14)18(25)21-16/h3-6,11H,7-10H2,1-2H3,(H,22,23)(H,20,21,25)/t11-/m1/s1. The normalized spacial score (nSPS) is 16.5. The van der Waals surface area contributed by atoms with E-state index in [1.165, 1.54) is 0 Å². The van der Waals surface area contributed by atoms with E-state index in [-0.39, 0.29) is 18.0 Å². The van der Waals surface area contributed by atoms with Gasteiger partial charge in [-0.15, -0.1) is 0 Å². The summed E-state index contributed by atoms with van der Waals surface area (Å²) in [5, 5.41) is 7.80. The van der Waals surface area contributed by atoms with Gasteiger partial charge in [0.15, 0.2) is 5.69 Å². The molecule has 134 valence electrons. The lowest BCUT2D eigenvalue weighted by Crippen LogP contribution is -2.29. The molecule has 1 aliphatic carbocycles. The molecule has 26 heavy (non-hydrogen) atoms. The fraction of sp³-hybridized carbons (Fsp3) is 0.368. The number of H-pyrrole nitrogens is 2. The van der Waals surface area contributed by atoms with Gasteiger partial charge in [0.25, 0.3) is 11.5 Å². The molecule has 1 aromatic carbocycles. The maximum Gasteiger partial charge on any atom is 0.274 e. The highest BCUT2D eigenvalue weighted by Crippen LogP contribution is 2.26.